The highest BCUT2D eigenvalue weighted by Crippen LogP contribution is 2.36. The maximum absolute atomic E-state index is 12.1. The molecule has 1 aromatic heterocycles. The zero-order chi connectivity index (χ0) is 20.7. The van der Waals surface area contributed by atoms with Crippen molar-refractivity contribution in [2.75, 3.05) is 12.4 Å². The van der Waals surface area contributed by atoms with Crippen molar-refractivity contribution in [3.05, 3.63) is 53.3 Å². The number of ketones is 1. The number of anilines is 2. The molecule has 0 atom stereocenters. The number of Topliss-reactive ketones (excluding diaryl/α,β-unsaturated/α-hetero) is 1. The molecule has 0 saturated heterocycles. The lowest BCUT2D eigenvalue weighted by Gasteiger charge is -2.32. The first-order chi connectivity index (χ1) is 14.6. The standard InChI is InChI=1S/C24H26N4O2/c1-30-23-12-21-20(11-16(23)7-14-8-17(25)9-14)24(27-13-26-21)28-18-5-6-19-15(10-18)3-2-4-22(19)29/h5-6,10-14,17H,2-4,7-9,25H2,1H3,(H,26,27,28). The summed E-state index contributed by atoms with van der Waals surface area (Å²) in [7, 11) is 1.70. The Bertz CT molecular complexity index is 1120. The summed E-state index contributed by atoms with van der Waals surface area (Å²) in [6, 6.07) is 10.4. The van der Waals surface area contributed by atoms with Crippen LogP contribution in [0.3, 0.4) is 0 Å². The molecule has 2 aromatic carbocycles. The van der Waals surface area contributed by atoms with Gasteiger partial charge in [-0.3, -0.25) is 4.79 Å². The third-order valence-electron chi connectivity index (χ3n) is 6.34. The van der Waals surface area contributed by atoms with Crippen LogP contribution in [0.15, 0.2) is 36.7 Å². The fraction of sp³-hybridized carbons (Fsp3) is 0.375. The van der Waals surface area contributed by atoms with Crippen molar-refractivity contribution >= 4 is 28.2 Å². The average molecular weight is 402 g/mol. The maximum Gasteiger partial charge on any atom is 0.163 e. The van der Waals surface area contributed by atoms with E-state index in [4.69, 9.17) is 10.5 Å². The van der Waals surface area contributed by atoms with Crippen molar-refractivity contribution in [2.24, 2.45) is 11.7 Å². The first-order valence-corrected chi connectivity index (χ1v) is 10.6. The lowest BCUT2D eigenvalue weighted by atomic mass is 9.77. The molecule has 1 saturated carbocycles. The van der Waals surface area contributed by atoms with E-state index < -0.39 is 0 Å². The Hall–Kier alpha value is -2.99. The van der Waals surface area contributed by atoms with Gasteiger partial charge in [0, 0.05) is 35.2 Å². The number of nitrogens with zero attached hydrogens (tertiary/aromatic N) is 2. The number of hydrogen-bond donors (Lipinski definition) is 2. The second-order valence-electron chi connectivity index (χ2n) is 8.48. The minimum atomic E-state index is 0.239. The highest BCUT2D eigenvalue weighted by molar-refractivity contribution is 5.99. The fourth-order valence-corrected chi connectivity index (χ4v) is 4.70. The van der Waals surface area contributed by atoms with Gasteiger partial charge >= 0.3 is 0 Å². The van der Waals surface area contributed by atoms with Crippen molar-refractivity contribution in [1.82, 2.24) is 9.97 Å². The lowest BCUT2D eigenvalue weighted by Crippen LogP contribution is -2.37. The number of fused-ring (bicyclic) bond motifs is 2. The van der Waals surface area contributed by atoms with Crippen LogP contribution in [0, 0.1) is 5.92 Å². The summed E-state index contributed by atoms with van der Waals surface area (Å²) < 4.78 is 5.64. The monoisotopic (exact) mass is 402 g/mol. The number of ether oxygens (including phenoxy) is 1. The molecular weight excluding hydrogens is 376 g/mol. The van der Waals surface area contributed by atoms with E-state index in [0.29, 0.717) is 18.4 Å². The largest absolute Gasteiger partial charge is 0.496 e. The minimum absolute atomic E-state index is 0.239. The zero-order valence-electron chi connectivity index (χ0n) is 17.1. The maximum atomic E-state index is 12.1. The average Bonchev–Trinajstić information content (AvgIpc) is 2.72. The van der Waals surface area contributed by atoms with Crippen molar-refractivity contribution in [3.63, 3.8) is 0 Å². The number of benzene rings is 2. The zero-order valence-corrected chi connectivity index (χ0v) is 17.1. The topological polar surface area (TPSA) is 90.1 Å². The van der Waals surface area contributed by atoms with Gasteiger partial charge in [-0.05, 0) is 73.4 Å². The minimum Gasteiger partial charge on any atom is -0.496 e. The van der Waals surface area contributed by atoms with Crippen LogP contribution in [0.2, 0.25) is 0 Å². The van der Waals surface area contributed by atoms with E-state index in [0.717, 1.165) is 77.0 Å². The second-order valence-corrected chi connectivity index (χ2v) is 8.48. The Morgan fingerprint density at radius 2 is 2.03 bits per heavy atom. The molecule has 2 aliphatic carbocycles. The molecule has 6 nitrogen and oxygen atoms in total. The van der Waals surface area contributed by atoms with Crippen molar-refractivity contribution in [2.45, 2.75) is 44.6 Å². The van der Waals surface area contributed by atoms with E-state index in [1.54, 1.807) is 13.4 Å². The van der Waals surface area contributed by atoms with Crippen LogP contribution in [0.5, 0.6) is 5.75 Å². The van der Waals surface area contributed by atoms with Crippen LogP contribution in [-0.4, -0.2) is 28.9 Å². The van der Waals surface area contributed by atoms with Crippen molar-refractivity contribution in [1.29, 1.82) is 0 Å². The normalized spacial score (nSPS) is 20.5. The van der Waals surface area contributed by atoms with E-state index in [1.165, 1.54) is 0 Å². The first-order valence-electron chi connectivity index (χ1n) is 10.6. The Balaban J connectivity index is 1.49. The summed E-state index contributed by atoms with van der Waals surface area (Å²) in [6.45, 7) is 0. The lowest BCUT2D eigenvalue weighted by molar-refractivity contribution is 0.0972. The summed E-state index contributed by atoms with van der Waals surface area (Å²) in [5.41, 5.74) is 10.9. The molecule has 5 rings (SSSR count). The Morgan fingerprint density at radius 3 is 2.83 bits per heavy atom. The number of aromatic nitrogens is 2. The first kappa shape index (κ1) is 19.0. The van der Waals surface area contributed by atoms with E-state index in [1.807, 2.05) is 18.2 Å². The number of nitrogens with two attached hydrogens (primary N) is 1. The van der Waals surface area contributed by atoms with E-state index in [2.05, 4.69) is 27.4 Å². The van der Waals surface area contributed by atoms with Gasteiger partial charge in [0.25, 0.3) is 0 Å². The smallest absolute Gasteiger partial charge is 0.163 e. The SMILES string of the molecule is COc1cc2ncnc(Nc3ccc4c(c3)CCCC4=O)c2cc1CC1CC(N)C1. The van der Waals surface area contributed by atoms with Crippen LogP contribution in [0.1, 0.15) is 47.2 Å². The van der Waals surface area contributed by atoms with Gasteiger partial charge in [-0.2, -0.15) is 0 Å². The predicted molar refractivity (Wildman–Crippen MR) is 117 cm³/mol. The summed E-state index contributed by atoms with van der Waals surface area (Å²) in [5, 5.41) is 4.41. The van der Waals surface area contributed by atoms with Crippen LogP contribution in [0.4, 0.5) is 11.5 Å². The summed E-state index contributed by atoms with van der Waals surface area (Å²) >= 11 is 0. The molecule has 30 heavy (non-hydrogen) atoms. The molecular formula is C24H26N4O2. The molecule has 0 radical (unpaired) electrons. The number of carbonyl (C=O) groups is 1. The van der Waals surface area contributed by atoms with Crippen LogP contribution >= 0.6 is 0 Å². The van der Waals surface area contributed by atoms with Gasteiger partial charge in [-0.25, -0.2) is 9.97 Å². The summed E-state index contributed by atoms with van der Waals surface area (Å²) in [5.74, 6) is 2.46. The highest BCUT2D eigenvalue weighted by atomic mass is 16.5. The van der Waals surface area contributed by atoms with Gasteiger partial charge in [0.05, 0.1) is 12.6 Å². The number of aryl methyl sites for hydroxylation is 1. The Labute approximate surface area is 175 Å². The third-order valence-corrected chi connectivity index (χ3v) is 6.34. The molecule has 0 spiro atoms. The molecule has 0 unspecified atom stereocenters. The molecule has 0 amide bonds. The molecule has 2 aliphatic rings. The molecule has 1 heterocycles. The second kappa shape index (κ2) is 7.69. The van der Waals surface area contributed by atoms with E-state index in [-0.39, 0.29) is 5.78 Å². The van der Waals surface area contributed by atoms with Gasteiger partial charge < -0.3 is 15.8 Å². The number of carbonyl (C=O) groups excluding carboxylic acids is 1. The molecule has 3 aromatic rings. The van der Waals surface area contributed by atoms with Crippen LogP contribution < -0.4 is 15.8 Å². The van der Waals surface area contributed by atoms with Crippen LogP contribution in [0.25, 0.3) is 10.9 Å². The number of methoxy groups -OCH3 is 1. The Kier molecular flexibility index (Phi) is 4.87. The fourth-order valence-electron chi connectivity index (χ4n) is 4.70. The van der Waals surface area contributed by atoms with Gasteiger partial charge in [0.15, 0.2) is 5.78 Å². The Morgan fingerprint density at radius 1 is 1.17 bits per heavy atom. The molecule has 1 fully saturated rings. The number of nitrogens with one attached hydrogen (secondary N) is 1. The van der Waals surface area contributed by atoms with Gasteiger partial charge in [-0.1, -0.05) is 0 Å². The molecule has 0 aliphatic heterocycles. The quantitative estimate of drug-likeness (QED) is 0.665. The van der Waals surface area contributed by atoms with Crippen LogP contribution in [-0.2, 0) is 12.8 Å². The molecule has 6 heteroatoms. The molecule has 3 N–H and O–H groups in total. The number of hydrogen-bond acceptors (Lipinski definition) is 6. The van der Waals surface area contributed by atoms with E-state index >= 15 is 0 Å². The number of rotatable bonds is 5. The van der Waals surface area contributed by atoms with Gasteiger partial charge in [0.2, 0.25) is 0 Å². The van der Waals surface area contributed by atoms with Gasteiger partial charge in [0.1, 0.15) is 17.9 Å². The highest BCUT2D eigenvalue weighted by Gasteiger charge is 2.27. The summed E-state index contributed by atoms with van der Waals surface area (Å²) in [6.07, 6.45) is 7.13. The molecule has 0 bridgehead atoms. The van der Waals surface area contributed by atoms with Crippen molar-refractivity contribution in [3.8, 4) is 5.75 Å². The summed E-state index contributed by atoms with van der Waals surface area (Å²) in [4.78, 5) is 21.0. The van der Waals surface area contributed by atoms with Crippen molar-refractivity contribution < 1.29 is 9.53 Å². The van der Waals surface area contributed by atoms with E-state index in [9.17, 15) is 4.79 Å². The van der Waals surface area contributed by atoms with Gasteiger partial charge in [-0.15, -0.1) is 0 Å². The molecule has 154 valence electrons. The predicted octanol–water partition coefficient (Wildman–Crippen LogP) is 4.18. The third kappa shape index (κ3) is 3.52.